The van der Waals surface area contributed by atoms with Crippen LogP contribution < -0.4 is 4.90 Å². The maximum absolute atomic E-state index is 13.6. The molecule has 0 radical (unpaired) electrons. The van der Waals surface area contributed by atoms with E-state index in [0.29, 0.717) is 5.56 Å². The van der Waals surface area contributed by atoms with Crippen LogP contribution in [0.3, 0.4) is 0 Å². The molecular formula is C26H23N3OS. The van der Waals surface area contributed by atoms with Gasteiger partial charge in [0.1, 0.15) is 5.69 Å². The van der Waals surface area contributed by atoms with Crippen molar-refractivity contribution in [3.8, 4) is 16.3 Å². The molecule has 0 fully saturated rings. The molecule has 0 aliphatic carbocycles. The zero-order chi connectivity index (χ0) is 21.6. The van der Waals surface area contributed by atoms with Crippen LogP contribution in [-0.4, -0.2) is 22.6 Å². The van der Waals surface area contributed by atoms with Crippen molar-refractivity contribution in [2.24, 2.45) is 0 Å². The Morgan fingerprint density at radius 1 is 1.00 bits per heavy atom. The molecule has 0 amide bonds. The third-order valence-corrected chi connectivity index (χ3v) is 6.84. The fourth-order valence-corrected chi connectivity index (χ4v) is 5.05. The van der Waals surface area contributed by atoms with Crippen LogP contribution in [0.5, 0.6) is 0 Å². The molecule has 4 nitrogen and oxygen atoms in total. The van der Waals surface area contributed by atoms with Gasteiger partial charge in [-0.15, -0.1) is 11.3 Å². The van der Waals surface area contributed by atoms with Gasteiger partial charge in [0.2, 0.25) is 0 Å². The first kappa shape index (κ1) is 19.5. The molecule has 2 aromatic carbocycles. The standard InChI is InChI=1S/C26H23N3OS/c1-26(2)20-12-7-8-13-21(20)28(3)24(26)16-22(30)19-17-29(18-10-5-4-6-11-18)27-25(19)23-14-9-15-31-23/h4-17H,1-3H3/b24-16-. The number of anilines is 1. The first-order valence-electron chi connectivity index (χ1n) is 10.3. The number of allylic oxidation sites excluding steroid dienone is 2. The Hall–Kier alpha value is -3.44. The van der Waals surface area contributed by atoms with E-state index in [2.05, 4.69) is 36.9 Å². The van der Waals surface area contributed by atoms with E-state index >= 15 is 0 Å². The molecule has 0 saturated carbocycles. The monoisotopic (exact) mass is 425 g/mol. The molecule has 0 unspecified atom stereocenters. The summed E-state index contributed by atoms with van der Waals surface area (Å²) in [6, 6.07) is 22.2. The van der Waals surface area contributed by atoms with E-state index in [9.17, 15) is 4.79 Å². The lowest BCUT2D eigenvalue weighted by molar-refractivity contribution is 0.104. The highest BCUT2D eigenvalue weighted by Crippen LogP contribution is 2.46. The molecule has 31 heavy (non-hydrogen) atoms. The Morgan fingerprint density at radius 2 is 1.74 bits per heavy atom. The van der Waals surface area contributed by atoms with Crippen LogP contribution in [-0.2, 0) is 5.41 Å². The van der Waals surface area contributed by atoms with Crippen LogP contribution in [0.25, 0.3) is 16.3 Å². The van der Waals surface area contributed by atoms with Gasteiger partial charge in [-0.2, -0.15) is 5.10 Å². The Bertz CT molecular complexity index is 1280. The zero-order valence-corrected chi connectivity index (χ0v) is 18.6. The number of benzene rings is 2. The van der Waals surface area contributed by atoms with Crippen molar-refractivity contribution >= 4 is 22.8 Å². The van der Waals surface area contributed by atoms with Gasteiger partial charge in [-0.05, 0) is 35.2 Å². The molecule has 0 bridgehead atoms. The summed E-state index contributed by atoms with van der Waals surface area (Å²) in [5, 5.41) is 6.78. The van der Waals surface area contributed by atoms with Gasteiger partial charge in [0.15, 0.2) is 5.78 Å². The summed E-state index contributed by atoms with van der Waals surface area (Å²) in [6.07, 6.45) is 3.63. The summed E-state index contributed by atoms with van der Waals surface area (Å²) < 4.78 is 1.79. The minimum atomic E-state index is -0.250. The number of ketones is 1. The smallest absolute Gasteiger partial charge is 0.191 e. The first-order valence-corrected chi connectivity index (χ1v) is 11.1. The Kier molecular flexibility index (Phi) is 4.63. The summed E-state index contributed by atoms with van der Waals surface area (Å²) >= 11 is 1.59. The number of rotatable bonds is 4. The van der Waals surface area contributed by atoms with Crippen molar-refractivity contribution < 1.29 is 4.79 Å². The van der Waals surface area contributed by atoms with Crippen molar-refractivity contribution in [2.45, 2.75) is 19.3 Å². The highest BCUT2D eigenvalue weighted by atomic mass is 32.1. The second-order valence-electron chi connectivity index (χ2n) is 8.24. The van der Waals surface area contributed by atoms with Crippen LogP contribution in [0, 0.1) is 0 Å². The van der Waals surface area contributed by atoms with E-state index in [0.717, 1.165) is 27.6 Å². The third-order valence-electron chi connectivity index (χ3n) is 5.96. The molecule has 2 aromatic heterocycles. The third kappa shape index (κ3) is 3.22. The summed E-state index contributed by atoms with van der Waals surface area (Å²) in [7, 11) is 2.03. The van der Waals surface area contributed by atoms with Crippen molar-refractivity contribution in [3.05, 3.63) is 101 Å². The molecule has 4 aromatic rings. The second kappa shape index (κ2) is 7.36. The van der Waals surface area contributed by atoms with Gasteiger partial charge in [-0.1, -0.05) is 56.3 Å². The molecule has 0 spiro atoms. The predicted octanol–water partition coefficient (Wildman–Crippen LogP) is 6.10. The molecule has 154 valence electrons. The molecule has 0 saturated heterocycles. The van der Waals surface area contributed by atoms with Crippen molar-refractivity contribution in [3.63, 3.8) is 0 Å². The largest absolute Gasteiger partial charge is 0.347 e. The Labute approximate surface area is 186 Å². The van der Waals surface area contributed by atoms with E-state index in [1.807, 2.05) is 67.2 Å². The van der Waals surface area contributed by atoms with Gasteiger partial charge < -0.3 is 4.90 Å². The SMILES string of the molecule is CN1/C(=C\C(=O)c2cn(-c3ccccc3)nc2-c2cccs2)C(C)(C)c2ccccc21. The fraction of sp³-hybridized carbons (Fsp3) is 0.154. The van der Waals surface area contributed by atoms with Gasteiger partial charge >= 0.3 is 0 Å². The quantitative estimate of drug-likeness (QED) is 0.293. The second-order valence-corrected chi connectivity index (χ2v) is 9.19. The number of carbonyl (C=O) groups is 1. The normalized spacial score (nSPS) is 16.0. The average Bonchev–Trinajstić information content (AvgIpc) is 3.50. The summed E-state index contributed by atoms with van der Waals surface area (Å²) in [4.78, 5) is 16.7. The Balaban J connectivity index is 1.61. The van der Waals surface area contributed by atoms with Crippen LogP contribution in [0.2, 0.25) is 0 Å². The van der Waals surface area contributed by atoms with Crippen molar-refractivity contribution in [1.82, 2.24) is 9.78 Å². The van der Waals surface area contributed by atoms with E-state index in [1.165, 1.54) is 5.56 Å². The maximum Gasteiger partial charge on any atom is 0.191 e. The van der Waals surface area contributed by atoms with E-state index in [4.69, 9.17) is 5.10 Å². The fourth-order valence-electron chi connectivity index (χ4n) is 4.32. The minimum absolute atomic E-state index is 0.0340. The van der Waals surface area contributed by atoms with Gasteiger partial charge in [0.05, 0.1) is 16.1 Å². The number of likely N-dealkylation sites (N-methyl/N-ethyl adjacent to an activating group) is 1. The van der Waals surface area contributed by atoms with Crippen molar-refractivity contribution in [1.29, 1.82) is 0 Å². The van der Waals surface area contributed by atoms with Gasteiger partial charge in [0, 0.05) is 36.1 Å². The predicted molar refractivity (Wildman–Crippen MR) is 127 cm³/mol. The number of fused-ring (bicyclic) bond motifs is 1. The topological polar surface area (TPSA) is 38.1 Å². The number of thiophene rings is 1. The van der Waals surface area contributed by atoms with Gasteiger partial charge in [-0.3, -0.25) is 4.79 Å². The highest BCUT2D eigenvalue weighted by molar-refractivity contribution is 7.13. The van der Waals surface area contributed by atoms with Gasteiger partial charge in [0.25, 0.3) is 0 Å². The number of para-hydroxylation sites is 2. The summed E-state index contributed by atoms with van der Waals surface area (Å²) in [5.41, 5.74) is 5.37. The lowest BCUT2D eigenvalue weighted by Crippen LogP contribution is -2.24. The van der Waals surface area contributed by atoms with Crippen LogP contribution in [0.4, 0.5) is 5.69 Å². The van der Waals surface area contributed by atoms with E-state index in [-0.39, 0.29) is 11.2 Å². The Morgan fingerprint density at radius 3 is 2.45 bits per heavy atom. The van der Waals surface area contributed by atoms with Gasteiger partial charge in [-0.25, -0.2) is 4.68 Å². The molecule has 5 heteroatoms. The van der Waals surface area contributed by atoms with E-state index < -0.39 is 0 Å². The molecule has 3 heterocycles. The van der Waals surface area contributed by atoms with Crippen LogP contribution >= 0.6 is 11.3 Å². The summed E-state index contributed by atoms with van der Waals surface area (Å²) in [6.45, 7) is 4.34. The number of carbonyl (C=O) groups excluding carboxylic acids is 1. The van der Waals surface area contributed by atoms with Crippen LogP contribution in [0.1, 0.15) is 29.8 Å². The molecule has 5 rings (SSSR count). The molecule has 0 atom stereocenters. The highest BCUT2D eigenvalue weighted by Gasteiger charge is 2.38. The molecule has 1 aliphatic rings. The lowest BCUT2D eigenvalue weighted by Gasteiger charge is -2.23. The van der Waals surface area contributed by atoms with Crippen LogP contribution in [0.15, 0.2) is 90.1 Å². The molecular weight excluding hydrogens is 402 g/mol. The minimum Gasteiger partial charge on any atom is -0.347 e. The lowest BCUT2D eigenvalue weighted by atomic mass is 9.83. The van der Waals surface area contributed by atoms with Crippen molar-refractivity contribution in [2.75, 3.05) is 11.9 Å². The maximum atomic E-state index is 13.6. The average molecular weight is 426 g/mol. The number of nitrogens with zero attached hydrogens (tertiary/aromatic N) is 3. The van der Waals surface area contributed by atoms with E-state index in [1.54, 1.807) is 22.1 Å². The summed E-state index contributed by atoms with van der Waals surface area (Å²) in [5.74, 6) is -0.0340. The number of hydrogen-bond donors (Lipinski definition) is 0. The molecule has 0 N–H and O–H groups in total. The molecule has 1 aliphatic heterocycles. The number of hydrogen-bond acceptors (Lipinski definition) is 4. The number of aromatic nitrogens is 2. The zero-order valence-electron chi connectivity index (χ0n) is 17.7. The first-order chi connectivity index (χ1) is 15.0.